The molecule has 2 aliphatic heterocycles. The number of halogens is 1. The van der Waals surface area contributed by atoms with Crippen LogP contribution in [0.1, 0.15) is 35.1 Å². The Hall–Kier alpha value is -2.62. The van der Waals surface area contributed by atoms with Gasteiger partial charge in [0.1, 0.15) is 23.8 Å². The van der Waals surface area contributed by atoms with Crippen LogP contribution in [-0.4, -0.2) is 52.5 Å². The first-order valence-electron chi connectivity index (χ1n) is 10.7. The standard InChI is InChI=1S/C23H25ClN6/c24-18-5-3-4-17(14-18)8-9-28-10-12-29(13-11-28)30-23-20-7-2-1-6-19(20)21(15-25)22(23)26-16-27-30/h3-5,14,16H,1-2,6-13H2. The van der Waals surface area contributed by atoms with E-state index in [1.807, 2.05) is 16.9 Å². The van der Waals surface area contributed by atoms with E-state index >= 15 is 0 Å². The Morgan fingerprint density at radius 2 is 1.87 bits per heavy atom. The monoisotopic (exact) mass is 420 g/mol. The lowest BCUT2D eigenvalue weighted by Gasteiger charge is -2.37. The molecule has 6 nitrogen and oxygen atoms in total. The van der Waals surface area contributed by atoms with Gasteiger partial charge in [0.05, 0.1) is 5.56 Å². The molecule has 0 N–H and O–H groups in total. The molecule has 7 heteroatoms. The third-order valence-corrected chi connectivity index (χ3v) is 6.63. The summed E-state index contributed by atoms with van der Waals surface area (Å²) in [7, 11) is 0. The van der Waals surface area contributed by atoms with E-state index in [2.05, 4.69) is 38.2 Å². The van der Waals surface area contributed by atoms with Gasteiger partial charge in [-0.1, -0.05) is 23.7 Å². The summed E-state index contributed by atoms with van der Waals surface area (Å²) in [6.07, 6.45) is 6.92. The molecule has 0 unspecified atom stereocenters. The fourth-order valence-electron chi connectivity index (χ4n) is 4.84. The maximum atomic E-state index is 9.74. The van der Waals surface area contributed by atoms with Crippen LogP contribution in [0.2, 0.25) is 5.02 Å². The maximum Gasteiger partial charge on any atom is 0.138 e. The fourth-order valence-corrected chi connectivity index (χ4v) is 5.06. The van der Waals surface area contributed by atoms with E-state index in [-0.39, 0.29) is 0 Å². The van der Waals surface area contributed by atoms with E-state index in [0.29, 0.717) is 0 Å². The lowest BCUT2D eigenvalue weighted by atomic mass is 9.94. The molecule has 0 saturated carbocycles. The van der Waals surface area contributed by atoms with Crippen molar-refractivity contribution in [3.8, 4) is 17.5 Å². The van der Waals surface area contributed by atoms with Crippen LogP contribution in [-0.2, 0) is 19.3 Å². The molecule has 1 fully saturated rings. The zero-order valence-electron chi connectivity index (χ0n) is 17.0. The molecule has 0 amide bonds. The molecule has 2 aliphatic carbocycles. The zero-order chi connectivity index (χ0) is 20.5. The molecule has 4 aliphatic rings. The number of hydrogen-bond acceptors (Lipinski definition) is 5. The molecule has 30 heavy (non-hydrogen) atoms. The third kappa shape index (κ3) is 3.53. The second-order valence-corrected chi connectivity index (χ2v) is 8.61. The normalized spacial score (nSPS) is 17.1. The van der Waals surface area contributed by atoms with Crippen LogP contribution >= 0.6 is 11.6 Å². The topological polar surface area (TPSA) is 61.0 Å². The van der Waals surface area contributed by atoms with Gasteiger partial charge in [-0.2, -0.15) is 10.1 Å². The minimum atomic E-state index is 0.760. The van der Waals surface area contributed by atoms with Crippen LogP contribution in [0.15, 0.2) is 30.6 Å². The van der Waals surface area contributed by atoms with Crippen LogP contribution in [0.5, 0.6) is 0 Å². The van der Waals surface area contributed by atoms with Gasteiger partial charge in [-0.3, -0.25) is 9.91 Å². The number of nitrogens with zero attached hydrogens (tertiary/aromatic N) is 6. The SMILES string of the molecule is N#Cc1c2ncnn(N3CCN(CCc4cccc(Cl)c4)CC3)c-2c2c1CCCC2. The van der Waals surface area contributed by atoms with Crippen molar-refractivity contribution in [2.24, 2.45) is 0 Å². The predicted octanol–water partition coefficient (Wildman–Crippen LogP) is 3.28. The molecule has 0 aromatic heterocycles. The molecule has 0 bridgehead atoms. The molecule has 154 valence electrons. The van der Waals surface area contributed by atoms with Crippen LogP contribution in [0.25, 0.3) is 11.4 Å². The Balaban J connectivity index is 1.31. The first-order chi connectivity index (χ1) is 14.7. The number of aromatic nitrogens is 3. The number of benzene rings is 1. The Kier molecular flexibility index (Phi) is 5.32. The molecule has 1 aromatic carbocycles. The highest BCUT2D eigenvalue weighted by molar-refractivity contribution is 6.30. The van der Waals surface area contributed by atoms with Gasteiger partial charge < -0.3 is 0 Å². The average Bonchev–Trinajstić information content (AvgIpc) is 3.12. The van der Waals surface area contributed by atoms with Crippen LogP contribution < -0.4 is 5.01 Å². The highest BCUT2D eigenvalue weighted by Crippen LogP contribution is 2.38. The maximum absolute atomic E-state index is 9.74. The van der Waals surface area contributed by atoms with Crippen molar-refractivity contribution in [2.75, 3.05) is 37.7 Å². The van der Waals surface area contributed by atoms with Gasteiger partial charge in [0.2, 0.25) is 0 Å². The number of rotatable bonds is 4. The molecular formula is C23H25ClN6. The van der Waals surface area contributed by atoms with E-state index in [9.17, 15) is 5.26 Å². The van der Waals surface area contributed by atoms with Crippen molar-refractivity contribution in [3.63, 3.8) is 0 Å². The summed E-state index contributed by atoms with van der Waals surface area (Å²) in [5.74, 6) is 0. The van der Waals surface area contributed by atoms with E-state index < -0.39 is 0 Å². The summed E-state index contributed by atoms with van der Waals surface area (Å²) in [6.45, 7) is 4.84. The quantitative estimate of drug-likeness (QED) is 0.648. The smallest absolute Gasteiger partial charge is 0.138 e. The molecule has 0 spiro atoms. The molecule has 1 saturated heterocycles. The Morgan fingerprint density at radius 3 is 2.63 bits per heavy atom. The number of nitriles is 1. The van der Waals surface area contributed by atoms with Crippen molar-refractivity contribution in [1.82, 2.24) is 19.8 Å². The highest BCUT2D eigenvalue weighted by atomic mass is 35.5. The number of piperazine rings is 1. The molecule has 2 heterocycles. The summed E-state index contributed by atoms with van der Waals surface area (Å²) in [5.41, 5.74) is 6.41. The summed E-state index contributed by atoms with van der Waals surface area (Å²) in [5, 5.41) is 17.4. The second-order valence-electron chi connectivity index (χ2n) is 8.17. The predicted molar refractivity (Wildman–Crippen MR) is 118 cm³/mol. The molecule has 5 rings (SSSR count). The first-order valence-corrected chi connectivity index (χ1v) is 11.1. The Morgan fingerprint density at radius 1 is 1.07 bits per heavy atom. The van der Waals surface area contributed by atoms with E-state index in [0.717, 1.165) is 80.4 Å². The van der Waals surface area contributed by atoms with Gasteiger partial charge in [0.15, 0.2) is 0 Å². The van der Waals surface area contributed by atoms with Gasteiger partial charge in [0, 0.05) is 37.7 Å². The van der Waals surface area contributed by atoms with Crippen molar-refractivity contribution < 1.29 is 0 Å². The molecule has 0 atom stereocenters. The second kappa shape index (κ2) is 8.25. The summed E-state index contributed by atoms with van der Waals surface area (Å²) in [4.78, 5) is 9.02. The first kappa shape index (κ1) is 19.3. The lowest BCUT2D eigenvalue weighted by molar-refractivity contribution is 0.237. The van der Waals surface area contributed by atoms with E-state index in [4.69, 9.17) is 11.6 Å². The highest BCUT2D eigenvalue weighted by Gasteiger charge is 2.31. The van der Waals surface area contributed by atoms with Crippen LogP contribution in [0.3, 0.4) is 0 Å². The van der Waals surface area contributed by atoms with Gasteiger partial charge >= 0.3 is 0 Å². The van der Waals surface area contributed by atoms with Gasteiger partial charge in [-0.25, -0.2) is 4.98 Å². The largest absolute Gasteiger partial charge is 0.299 e. The molecule has 0 radical (unpaired) electrons. The third-order valence-electron chi connectivity index (χ3n) is 6.40. The lowest BCUT2D eigenvalue weighted by Crippen LogP contribution is -2.52. The Labute approximate surface area is 182 Å². The van der Waals surface area contributed by atoms with Crippen molar-refractivity contribution in [2.45, 2.75) is 32.1 Å². The Bertz CT molecular complexity index is 1060. The van der Waals surface area contributed by atoms with Crippen LogP contribution in [0.4, 0.5) is 0 Å². The molecular weight excluding hydrogens is 396 g/mol. The van der Waals surface area contributed by atoms with Gasteiger partial charge in [0.25, 0.3) is 0 Å². The minimum Gasteiger partial charge on any atom is -0.299 e. The van der Waals surface area contributed by atoms with Crippen molar-refractivity contribution in [3.05, 3.63) is 57.9 Å². The van der Waals surface area contributed by atoms with Gasteiger partial charge in [-0.05, 0) is 60.9 Å². The minimum absolute atomic E-state index is 0.760. The average molecular weight is 421 g/mol. The fraction of sp³-hybridized carbons (Fsp3) is 0.435. The van der Waals surface area contributed by atoms with E-state index in [1.54, 1.807) is 6.33 Å². The van der Waals surface area contributed by atoms with Gasteiger partial charge in [-0.15, -0.1) is 5.10 Å². The number of hydrogen-bond donors (Lipinski definition) is 0. The van der Waals surface area contributed by atoms with E-state index in [1.165, 1.54) is 23.1 Å². The summed E-state index contributed by atoms with van der Waals surface area (Å²) in [6, 6.07) is 10.5. The van der Waals surface area contributed by atoms with Crippen molar-refractivity contribution >= 4 is 11.6 Å². The molecule has 1 aromatic rings. The van der Waals surface area contributed by atoms with Crippen LogP contribution in [0, 0.1) is 11.3 Å². The number of fused-ring (bicyclic) bond motifs is 3. The zero-order valence-corrected chi connectivity index (χ0v) is 17.8. The summed E-state index contributed by atoms with van der Waals surface area (Å²) >= 11 is 6.11. The summed E-state index contributed by atoms with van der Waals surface area (Å²) < 4.78 is 0. The van der Waals surface area contributed by atoms with Crippen molar-refractivity contribution in [1.29, 1.82) is 5.26 Å².